The third kappa shape index (κ3) is 1.94. The van der Waals surface area contributed by atoms with Crippen LogP contribution in [-0.4, -0.2) is 4.98 Å². The molecule has 1 heteroatoms. The highest BCUT2D eigenvalue weighted by Gasteiger charge is 2.04. The minimum atomic E-state index is 1.11. The summed E-state index contributed by atoms with van der Waals surface area (Å²) in [6.07, 6.45) is 8.60. The van der Waals surface area contributed by atoms with E-state index in [9.17, 15) is 0 Å². The fourth-order valence-electron chi connectivity index (χ4n) is 1.89. The van der Waals surface area contributed by atoms with Crippen LogP contribution < -0.4 is 0 Å². The molecule has 0 saturated carbocycles. The molecule has 0 spiro atoms. The average molecular weight is 211 g/mol. The van der Waals surface area contributed by atoms with Crippen LogP contribution in [0.2, 0.25) is 0 Å². The van der Waals surface area contributed by atoms with E-state index in [0.29, 0.717) is 0 Å². The Labute approximate surface area is 96.5 Å². The van der Waals surface area contributed by atoms with E-state index < -0.39 is 0 Å². The summed E-state index contributed by atoms with van der Waals surface area (Å²) in [6, 6.07) is 8.36. The van der Waals surface area contributed by atoms with Crippen molar-refractivity contribution in [3.63, 3.8) is 0 Å². The largest absolute Gasteiger partial charge is 0.355 e. The smallest absolute Gasteiger partial charge is 0.0464 e. The van der Waals surface area contributed by atoms with Crippen molar-refractivity contribution in [2.45, 2.75) is 19.8 Å². The molecule has 1 aromatic carbocycles. The lowest BCUT2D eigenvalue weighted by Crippen LogP contribution is -1.74. The molecule has 0 saturated heterocycles. The molecule has 0 amide bonds. The first-order chi connectivity index (χ1) is 7.86. The van der Waals surface area contributed by atoms with Crippen LogP contribution in [0.25, 0.3) is 23.1 Å². The van der Waals surface area contributed by atoms with Gasteiger partial charge in [0.2, 0.25) is 0 Å². The Morgan fingerprint density at radius 3 is 2.88 bits per heavy atom. The summed E-state index contributed by atoms with van der Waals surface area (Å²) < 4.78 is 0. The lowest BCUT2D eigenvalue weighted by molar-refractivity contribution is 0.962. The molecule has 0 fully saturated rings. The molecule has 1 heterocycles. The maximum Gasteiger partial charge on any atom is 0.0464 e. The van der Waals surface area contributed by atoms with E-state index in [2.05, 4.69) is 48.8 Å². The van der Waals surface area contributed by atoms with Crippen molar-refractivity contribution in [2.24, 2.45) is 0 Å². The van der Waals surface area contributed by atoms with Crippen LogP contribution in [0.5, 0.6) is 0 Å². The number of nitrogens with one attached hydrogen (secondary N) is 1. The summed E-state index contributed by atoms with van der Waals surface area (Å²) in [5, 5.41) is 1.27. The van der Waals surface area contributed by atoms with Crippen molar-refractivity contribution in [1.82, 2.24) is 4.98 Å². The number of aromatic nitrogens is 1. The maximum atomic E-state index is 3.85. The first-order valence-corrected chi connectivity index (χ1v) is 5.76. The molecule has 0 radical (unpaired) electrons. The van der Waals surface area contributed by atoms with Gasteiger partial charge in [0.05, 0.1) is 0 Å². The summed E-state index contributed by atoms with van der Waals surface area (Å²) in [4.78, 5) is 3.37. The van der Waals surface area contributed by atoms with E-state index in [0.717, 1.165) is 12.1 Å². The van der Waals surface area contributed by atoms with Crippen LogP contribution in [0, 0.1) is 0 Å². The molecule has 1 nitrogen and oxygen atoms in total. The van der Waals surface area contributed by atoms with Gasteiger partial charge in [-0.3, -0.25) is 0 Å². The third-order valence-corrected chi connectivity index (χ3v) is 2.72. The number of aromatic amines is 1. The van der Waals surface area contributed by atoms with Crippen LogP contribution in [0.3, 0.4) is 0 Å². The summed E-state index contributed by atoms with van der Waals surface area (Å²) in [7, 11) is 0. The molecule has 1 N–H and O–H groups in total. The van der Waals surface area contributed by atoms with Gasteiger partial charge in [-0.1, -0.05) is 50.3 Å². The van der Waals surface area contributed by atoms with Gasteiger partial charge >= 0.3 is 0 Å². The second-order valence-electron chi connectivity index (χ2n) is 3.89. The van der Waals surface area contributed by atoms with Crippen LogP contribution >= 0.6 is 0 Å². The van der Waals surface area contributed by atoms with Gasteiger partial charge in [-0.25, -0.2) is 0 Å². The van der Waals surface area contributed by atoms with Crippen LogP contribution in [0.4, 0.5) is 0 Å². The van der Waals surface area contributed by atoms with E-state index >= 15 is 0 Å². The maximum absolute atomic E-state index is 3.85. The molecule has 82 valence electrons. The second kappa shape index (κ2) is 4.84. The molecule has 0 aliphatic rings. The third-order valence-electron chi connectivity index (χ3n) is 2.72. The molecule has 0 bridgehead atoms. The predicted molar refractivity (Wildman–Crippen MR) is 72.3 cm³/mol. The first-order valence-electron chi connectivity index (χ1n) is 5.76. The standard InChI is InChI=1S/C15H17N/c1-3-5-6-9-12-13-10-7-8-11-15(13)16-14(12)4-2/h4,6-11,16H,2-3,5H2,1H3/b9-6-. The summed E-state index contributed by atoms with van der Waals surface area (Å²) in [5.74, 6) is 0. The predicted octanol–water partition coefficient (Wildman–Crippen LogP) is 4.62. The molecule has 2 aromatic rings. The van der Waals surface area contributed by atoms with Gasteiger partial charge in [0.1, 0.15) is 0 Å². The fraction of sp³-hybridized carbons (Fsp3) is 0.200. The lowest BCUT2D eigenvalue weighted by Gasteiger charge is -1.93. The summed E-state index contributed by atoms with van der Waals surface area (Å²) in [5.41, 5.74) is 3.53. The summed E-state index contributed by atoms with van der Waals surface area (Å²) in [6.45, 7) is 6.04. The molecule has 0 aliphatic carbocycles. The minimum absolute atomic E-state index is 1.11. The van der Waals surface area contributed by atoms with E-state index in [4.69, 9.17) is 0 Å². The van der Waals surface area contributed by atoms with Gasteiger partial charge in [-0.05, 0) is 18.6 Å². The van der Waals surface area contributed by atoms with Crippen molar-refractivity contribution in [3.05, 3.63) is 48.2 Å². The zero-order valence-electron chi connectivity index (χ0n) is 9.66. The molecular weight excluding hydrogens is 194 g/mol. The Bertz CT molecular complexity index is 517. The number of fused-ring (bicyclic) bond motifs is 1. The van der Waals surface area contributed by atoms with Crippen molar-refractivity contribution in [2.75, 3.05) is 0 Å². The van der Waals surface area contributed by atoms with Gasteiger partial charge in [-0.15, -0.1) is 0 Å². The van der Waals surface area contributed by atoms with Gasteiger partial charge in [-0.2, -0.15) is 0 Å². The normalized spacial score (nSPS) is 11.3. The number of para-hydroxylation sites is 1. The Morgan fingerprint density at radius 2 is 2.12 bits per heavy atom. The molecule has 0 aliphatic heterocycles. The van der Waals surface area contributed by atoms with Gasteiger partial charge < -0.3 is 4.98 Å². The minimum Gasteiger partial charge on any atom is -0.355 e. The van der Waals surface area contributed by atoms with E-state index in [1.807, 2.05) is 12.1 Å². The van der Waals surface area contributed by atoms with Crippen molar-refractivity contribution >= 4 is 23.1 Å². The van der Waals surface area contributed by atoms with Gasteiger partial charge in [0, 0.05) is 22.2 Å². The highest BCUT2D eigenvalue weighted by Crippen LogP contribution is 2.24. The molecule has 0 unspecified atom stereocenters. The molecule has 0 atom stereocenters. The Morgan fingerprint density at radius 1 is 1.31 bits per heavy atom. The quantitative estimate of drug-likeness (QED) is 0.759. The highest BCUT2D eigenvalue weighted by atomic mass is 14.7. The average Bonchev–Trinajstić information content (AvgIpc) is 2.68. The number of hydrogen-bond donors (Lipinski definition) is 1. The Hall–Kier alpha value is -1.76. The number of unbranched alkanes of at least 4 members (excludes halogenated alkanes) is 1. The fourth-order valence-corrected chi connectivity index (χ4v) is 1.89. The zero-order chi connectivity index (χ0) is 11.4. The van der Waals surface area contributed by atoms with E-state index in [1.165, 1.54) is 22.9 Å². The topological polar surface area (TPSA) is 15.8 Å². The molecular formula is C15H17N. The van der Waals surface area contributed by atoms with Crippen LogP contribution in [0.15, 0.2) is 36.9 Å². The van der Waals surface area contributed by atoms with Gasteiger partial charge in [0.25, 0.3) is 0 Å². The Kier molecular flexibility index (Phi) is 3.25. The van der Waals surface area contributed by atoms with Crippen molar-refractivity contribution in [1.29, 1.82) is 0 Å². The second-order valence-corrected chi connectivity index (χ2v) is 3.89. The van der Waals surface area contributed by atoms with Crippen LogP contribution in [0.1, 0.15) is 31.0 Å². The first kappa shape index (κ1) is 10.7. The number of H-pyrrole nitrogens is 1. The molecule has 1 aromatic heterocycles. The summed E-state index contributed by atoms with van der Waals surface area (Å²) >= 11 is 0. The SMILES string of the molecule is C=Cc1[nH]c2ccccc2c1/C=C\CCC. The monoisotopic (exact) mass is 211 g/mol. The molecule has 16 heavy (non-hydrogen) atoms. The highest BCUT2D eigenvalue weighted by molar-refractivity contribution is 5.92. The number of benzene rings is 1. The van der Waals surface area contributed by atoms with E-state index in [1.54, 1.807) is 0 Å². The van der Waals surface area contributed by atoms with Crippen molar-refractivity contribution in [3.8, 4) is 0 Å². The van der Waals surface area contributed by atoms with Crippen LogP contribution in [-0.2, 0) is 0 Å². The number of allylic oxidation sites excluding steroid dienone is 1. The zero-order valence-corrected chi connectivity index (χ0v) is 9.66. The van der Waals surface area contributed by atoms with Crippen molar-refractivity contribution < 1.29 is 0 Å². The van der Waals surface area contributed by atoms with E-state index in [-0.39, 0.29) is 0 Å². The lowest BCUT2D eigenvalue weighted by atomic mass is 10.1. The Balaban J connectivity index is 2.51. The van der Waals surface area contributed by atoms with Gasteiger partial charge in [0.15, 0.2) is 0 Å². The molecule has 2 rings (SSSR count). The number of hydrogen-bond acceptors (Lipinski definition) is 0. The number of rotatable bonds is 4.